The summed E-state index contributed by atoms with van der Waals surface area (Å²) in [5, 5.41) is 11.9. The van der Waals surface area contributed by atoms with E-state index < -0.39 is 5.41 Å². The van der Waals surface area contributed by atoms with E-state index in [0.29, 0.717) is 18.8 Å². The monoisotopic (exact) mass is 226 g/mol. The van der Waals surface area contributed by atoms with Crippen LogP contribution >= 0.6 is 0 Å². The Kier molecular flexibility index (Phi) is 4.09. The van der Waals surface area contributed by atoms with Crippen molar-refractivity contribution in [1.29, 1.82) is 0 Å². The van der Waals surface area contributed by atoms with Crippen molar-refractivity contribution in [3.05, 3.63) is 23.7 Å². The maximum Gasteiger partial charge on any atom is 0.224 e. The zero-order chi connectivity index (χ0) is 12.2. The maximum atomic E-state index is 11.0. The summed E-state index contributed by atoms with van der Waals surface area (Å²) in [7, 11) is 0. The number of carbonyl (C=O) groups is 1. The Labute approximate surface area is 94.6 Å². The van der Waals surface area contributed by atoms with Crippen molar-refractivity contribution in [2.24, 2.45) is 11.1 Å². The number of hydrogen-bond acceptors (Lipinski definition) is 4. The zero-order valence-corrected chi connectivity index (χ0v) is 9.62. The first kappa shape index (κ1) is 12.7. The van der Waals surface area contributed by atoms with Crippen LogP contribution in [0.3, 0.4) is 0 Å². The summed E-state index contributed by atoms with van der Waals surface area (Å²) in [4.78, 5) is 11.0. The number of nitrogens with two attached hydrogens (primary N) is 1. The first-order valence-electron chi connectivity index (χ1n) is 5.15. The molecule has 0 unspecified atom stereocenters. The quantitative estimate of drug-likeness (QED) is 0.654. The SMILES string of the molecule is CC(C)(CNCc1ccc(CO)o1)C(N)=O. The summed E-state index contributed by atoms with van der Waals surface area (Å²) in [6, 6.07) is 3.51. The summed E-state index contributed by atoms with van der Waals surface area (Å²) < 4.78 is 5.28. The minimum atomic E-state index is -0.577. The third-order valence-electron chi connectivity index (χ3n) is 2.41. The number of nitrogens with one attached hydrogen (secondary N) is 1. The summed E-state index contributed by atoms with van der Waals surface area (Å²) in [6.45, 7) is 4.45. The molecule has 0 aromatic carbocycles. The zero-order valence-electron chi connectivity index (χ0n) is 9.62. The van der Waals surface area contributed by atoms with Gasteiger partial charge in [0.1, 0.15) is 18.1 Å². The van der Waals surface area contributed by atoms with Crippen molar-refractivity contribution >= 4 is 5.91 Å². The molecule has 0 saturated heterocycles. The Morgan fingerprint density at radius 1 is 1.50 bits per heavy atom. The van der Waals surface area contributed by atoms with Crippen LogP contribution in [-0.4, -0.2) is 17.6 Å². The molecule has 0 spiro atoms. The third kappa shape index (κ3) is 3.36. The summed E-state index contributed by atoms with van der Waals surface area (Å²) in [5.41, 5.74) is 4.66. The van der Waals surface area contributed by atoms with E-state index in [4.69, 9.17) is 15.3 Å². The Morgan fingerprint density at radius 2 is 2.12 bits per heavy atom. The number of aliphatic hydroxyl groups excluding tert-OH is 1. The van der Waals surface area contributed by atoms with Gasteiger partial charge in [-0.25, -0.2) is 0 Å². The highest BCUT2D eigenvalue weighted by molar-refractivity contribution is 5.80. The van der Waals surface area contributed by atoms with Gasteiger partial charge in [0.15, 0.2) is 0 Å². The Hall–Kier alpha value is -1.33. The fourth-order valence-corrected chi connectivity index (χ4v) is 1.19. The number of aliphatic hydroxyl groups is 1. The molecule has 90 valence electrons. The number of hydrogen-bond donors (Lipinski definition) is 3. The predicted octanol–water partition coefficient (Wildman–Crippen LogP) is 0.373. The predicted molar refractivity (Wildman–Crippen MR) is 59.3 cm³/mol. The molecule has 16 heavy (non-hydrogen) atoms. The van der Waals surface area contributed by atoms with Crippen LogP contribution in [0.15, 0.2) is 16.5 Å². The van der Waals surface area contributed by atoms with Gasteiger partial charge in [-0.2, -0.15) is 0 Å². The summed E-state index contributed by atoms with van der Waals surface area (Å²) in [5.74, 6) is 0.922. The molecule has 0 aliphatic rings. The summed E-state index contributed by atoms with van der Waals surface area (Å²) in [6.07, 6.45) is 0. The van der Waals surface area contributed by atoms with E-state index in [9.17, 15) is 4.79 Å². The molecule has 0 saturated carbocycles. The molecule has 1 aromatic heterocycles. The van der Waals surface area contributed by atoms with Gasteiger partial charge >= 0.3 is 0 Å². The Balaban J connectivity index is 2.38. The van der Waals surface area contributed by atoms with E-state index in [1.54, 1.807) is 26.0 Å². The molecule has 0 bridgehead atoms. The van der Waals surface area contributed by atoms with E-state index in [-0.39, 0.29) is 12.5 Å². The van der Waals surface area contributed by atoms with Crippen LogP contribution in [0.5, 0.6) is 0 Å². The molecule has 1 aromatic rings. The van der Waals surface area contributed by atoms with Crippen LogP contribution in [0.1, 0.15) is 25.4 Å². The molecule has 0 radical (unpaired) electrons. The van der Waals surface area contributed by atoms with E-state index in [1.807, 2.05) is 0 Å². The van der Waals surface area contributed by atoms with Gasteiger partial charge in [0.25, 0.3) is 0 Å². The van der Waals surface area contributed by atoms with Gasteiger partial charge in [0.2, 0.25) is 5.91 Å². The standard InChI is InChI=1S/C11H18N2O3/c1-11(2,10(12)15)7-13-5-8-3-4-9(6-14)16-8/h3-4,13-14H,5-7H2,1-2H3,(H2,12,15). The van der Waals surface area contributed by atoms with Crippen LogP contribution in [0.25, 0.3) is 0 Å². The minimum Gasteiger partial charge on any atom is -0.462 e. The number of furan rings is 1. The molecule has 0 atom stereocenters. The molecule has 5 heteroatoms. The fourth-order valence-electron chi connectivity index (χ4n) is 1.19. The van der Waals surface area contributed by atoms with E-state index >= 15 is 0 Å². The third-order valence-corrected chi connectivity index (χ3v) is 2.41. The number of rotatable bonds is 6. The lowest BCUT2D eigenvalue weighted by molar-refractivity contribution is -0.125. The molecule has 0 aliphatic carbocycles. The molecule has 1 amide bonds. The highest BCUT2D eigenvalue weighted by Crippen LogP contribution is 2.13. The lowest BCUT2D eigenvalue weighted by Gasteiger charge is -2.20. The molecule has 1 heterocycles. The molecule has 0 aliphatic heterocycles. The first-order valence-corrected chi connectivity index (χ1v) is 5.15. The van der Waals surface area contributed by atoms with Gasteiger partial charge in [0, 0.05) is 6.54 Å². The van der Waals surface area contributed by atoms with Gasteiger partial charge in [-0.15, -0.1) is 0 Å². The van der Waals surface area contributed by atoms with E-state index in [1.165, 1.54) is 0 Å². The summed E-state index contributed by atoms with van der Waals surface area (Å²) >= 11 is 0. The minimum absolute atomic E-state index is 0.104. The Morgan fingerprint density at radius 3 is 2.62 bits per heavy atom. The lowest BCUT2D eigenvalue weighted by Crippen LogP contribution is -2.40. The van der Waals surface area contributed by atoms with Gasteiger partial charge in [-0.1, -0.05) is 0 Å². The first-order chi connectivity index (χ1) is 7.45. The van der Waals surface area contributed by atoms with Crippen molar-refractivity contribution in [2.45, 2.75) is 27.0 Å². The molecule has 5 nitrogen and oxygen atoms in total. The van der Waals surface area contributed by atoms with Crippen LogP contribution in [-0.2, 0) is 17.9 Å². The highest BCUT2D eigenvalue weighted by Gasteiger charge is 2.24. The van der Waals surface area contributed by atoms with Crippen molar-refractivity contribution in [3.63, 3.8) is 0 Å². The molecule has 0 fully saturated rings. The van der Waals surface area contributed by atoms with Gasteiger partial charge in [-0.05, 0) is 26.0 Å². The van der Waals surface area contributed by atoms with E-state index in [2.05, 4.69) is 5.32 Å². The van der Waals surface area contributed by atoms with E-state index in [0.717, 1.165) is 5.76 Å². The fraction of sp³-hybridized carbons (Fsp3) is 0.545. The average Bonchev–Trinajstić information content (AvgIpc) is 2.65. The number of primary amides is 1. The Bertz CT molecular complexity index is 358. The largest absolute Gasteiger partial charge is 0.462 e. The second-order valence-corrected chi connectivity index (χ2v) is 4.38. The second kappa shape index (κ2) is 5.14. The van der Waals surface area contributed by atoms with Crippen LogP contribution in [0.4, 0.5) is 0 Å². The number of carbonyl (C=O) groups excluding carboxylic acids is 1. The topological polar surface area (TPSA) is 88.5 Å². The van der Waals surface area contributed by atoms with Gasteiger partial charge in [0.05, 0.1) is 12.0 Å². The van der Waals surface area contributed by atoms with Gasteiger partial charge in [-0.3, -0.25) is 4.79 Å². The molecule has 1 rings (SSSR count). The maximum absolute atomic E-state index is 11.0. The second-order valence-electron chi connectivity index (χ2n) is 4.38. The average molecular weight is 226 g/mol. The number of amides is 1. The normalized spacial score (nSPS) is 11.7. The highest BCUT2D eigenvalue weighted by atomic mass is 16.4. The smallest absolute Gasteiger partial charge is 0.224 e. The lowest BCUT2D eigenvalue weighted by atomic mass is 9.93. The van der Waals surface area contributed by atoms with Crippen molar-refractivity contribution in [2.75, 3.05) is 6.54 Å². The molecular weight excluding hydrogens is 208 g/mol. The molecular formula is C11H18N2O3. The van der Waals surface area contributed by atoms with Gasteiger partial charge < -0.3 is 20.6 Å². The van der Waals surface area contributed by atoms with Crippen LogP contribution in [0.2, 0.25) is 0 Å². The van der Waals surface area contributed by atoms with Crippen molar-refractivity contribution < 1.29 is 14.3 Å². The van der Waals surface area contributed by atoms with Crippen molar-refractivity contribution in [1.82, 2.24) is 5.32 Å². The van der Waals surface area contributed by atoms with Crippen molar-refractivity contribution in [3.8, 4) is 0 Å². The van der Waals surface area contributed by atoms with Crippen LogP contribution < -0.4 is 11.1 Å². The molecule has 4 N–H and O–H groups in total. The van der Waals surface area contributed by atoms with Crippen LogP contribution in [0, 0.1) is 5.41 Å².